The van der Waals surface area contributed by atoms with Crippen LogP contribution in [-0.2, 0) is 5.75 Å². The van der Waals surface area contributed by atoms with Crippen molar-refractivity contribution in [3.63, 3.8) is 0 Å². The zero-order valence-corrected chi connectivity index (χ0v) is 9.58. The smallest absolute Gasteiger partial charge is 0.208 e. The second-order valence-electron chi connectivity index (χ2n) is 3.38. The van der Waals surface area contributed by atoms with E-state index in [9.17, 15) is 5.11 Å². The summed E-state index contributed by atoms with van der Waals surface area (Å²) in [5, 5.41) is 17.0. The highest BCUT2D eigenvalue weighted by molar-refractivity contribution is 7.98. The number of aromatic hydroxyl groups is 1. The minimum Gasteiger partial charge on any atom is -0.508 e. The zero-order valence-electron chi connectivity index (χ0n) is 8.77. The number of anilines is 1. The first-order chi connectivity index (χ1) is 7.65. The Morgan fingerprint density at radius 2 is 2.31 bits per heavy atom. The number of hydrogen-bond acceptors (Lipinski definition) is 5. The lowest BCUT2D eigenvalue weighted by atomic mass is 10.2. The van der Waals surface area contributed by atoms with Crippen LogP contribution in [0.25, 0.3) is 0 Å². The van der Waals surface area contributed by atoms with Gasteiger partial charge in [0.2, 0.25) is 5.16 Å². The summed E-state index contributed by atoms with van der Waals surface area (Å²) < 4.78 is 0. The molecular weight excluding hydrogens is 224 g/mol. The van der Waals surface area contributed by atoms with Gasteiger partial charge in [0.15, 0.2) is 0 Å². The number of nitrogen functional groups attached to an aromatic ring is 1. The van der Waals surface area contributed by atoms with E-state index in [-0.39, 0.29) is 5.75 Å². The molecule has 0 fully saturated rings. The van der Waals surface area contributed by atoms with Crippen molar-refractivity contribution >= 4 is 17.4 Å². The van der Waals surface area contributed by atoms with Crippen LogP contribution in [0, 0.1) is 6.92 Å². The number of aromatic nitrogens is 3. The van der Waals surface area contributed by atoms with Gasteiger partial charge in [-0.3, -0.25) is 5.10 Å². The van der Waals surface area contributed by atoms with Crippen LogP contribution in [0.1, 0.15) is 11.4 Å². The lowest BCUT2D eigenvalue weighted by Crippen LogP contribution is -1.88. The van der Waals surface area contributed by atoms with Crippen LogP contribution < -0.4 is 5.73 Å². The van der Waals surface area contributed by atoms with Crippen LogP contribution in [0.15, 0.2) is 23.4 Å². The molecule has 0 unspecified atom stereocenters. The van der Waals surface area contributed by atoms with Crippen LogP contribution in [0.3, 0.4) is 0 Å². The highest BCUT2D eigenvalue weighted by Crippen LogP contribution is 2.26. The molecule has 0 radical (unpaired) electrons. The van der Waals surface area contributed by atoms with Crippen molar-refractivity contribution in [2.75, 3.05) is 5.73 Å². The third-order valence-electron chi connectivity index (χ3n) is 2.04. The molecule has 16 heavy (non-hydrogen) atoms. The topological polar surface area (TPSA) is 87.8 Å². The maximum atomic E-state index is 9.60. The fourth-order valence-corrected chi connectivity index (χ4v) is 2.08. The normalized spacial score (nSPS) is 10.6. The molecule has 0 saturated carbocycles. The number of thioether (sulfide) groups is 1. The van der Waals surface area contributed by atoms with E-state index in [4.69, 9.17) is 5.73 Å². The number of phenolic OH excluding ortho intramolecular Hbond substituents is 1. The van der Waals surface area contributed by atoms with E-state index in [1.54, 1.807) is 18.2 Å². The lowest BCUT2D eigenvalue weighted by molar-refractivity contribution is 0.471. The second-order valence-corrected chi connectivity index (χ2v) is 4.32. The fraction of sp³-hybridized carbons (Fsp3) is 0.200. The number of nitrogens with zero attached hydrogens (tertiary/aromatic N) is 2. The highest BCUT2D eigenvalue weighted by atomic mass is 32.2. The molecule has 4 N–H and O–H groups in total. The third kappa shape index (κ3) is 2.46. The number of aryl methyl sites for hydroxylation is 1. The predicted octanol–water partition coefficient (Wildman–Crippen LogP) is 1.69. The molecule has 1 aromatic heterocycles. The predicted molar refractivity (Wildman–Crippen MR) is 63.2 cm³/mol. The van der Waals surface area contributed by atoms with E-state index in [2.05, 4.69) is 15.2 Å². The molecule has 0 saturated heterocycles. The van der Waals surface area contributed by atoms with Crippen molar-refractivity contribution in [1.82, 2.24) is 15.2 Å². The number of nitrogens with two attached hydrogens (primary N) is 1. The van der Waals surface area contributed by atoms with E-state index >= 15 is 0 Å². The maximum absolute atomic E-state index is 9.60. The summed E-state index contributed by atoms with van der Waals surface area (Å²) in [5.74, 6) is 1.61. The molecule has 2 rings (SSSR count). The van der Waals surface area contributed by atoms with Crippen molar-refractivity contribution in [1.29, 1.82) is 0 Å². The summed E-state index contributed by atoms with van der Waals surface area (Å²) in [5.41, 5.74) is 7.07. The Balaban J connectivity index is 2.07. The number of aromatic amines is 1. The molecule has 0 aliphatic carbocycles. The average molecular weight is 236 g/mol. The number of phenols is 1. The summed E-state index contributed by atoms with van der Waals surface area (Å²) in [4.78, 5) is 4.16. The molecule has 1 aromatic carbocycles. The van der Waals surface area contributed by atoms with Gasteiger partial charge >= 0.3 is 0 Å². The summed E-state index contributed by atoms with van der Waals surface area (Å²) in [7, 11) is 0. The number of hydrogen-bond donors (Lipinski definition) is 3. The van der Waals surface area contributed by atoms with Gasteiger partial charge < -0.3 is 10.8 Å². The molecular formula is C10H12N4OS. The highest BCUT2D eigenvalue weighted by Gasteiger charge is 2.05. The van der Waals surface area contributed by atoms with Crippen molar-refractivity contribution in [3.8, 4) is 5.75 Å². The van der Waals surface area contributed by atoms with Crippen LogP contribution >= 0.6 is 11.8 Å². The van der Waals surface area contributed by atoms with E-state index in [0.717, 1.165) is 11.4 Å². The van der Waals surface area contributed by atoms with E-state index in [1.807, 2.05) is 6.92 Å². The Bertz CT molecular complexity index is 497. The largest absolute Gasteiger partial charge is 0.508 e. The van der Waals surface area contributed by atoms with Crippen molar-refractivity contribution < 1.29 is 5.11 Å². The maximum Gasteiger partial charge on any atom is 0.208 e. The second kappa shape index (κ2) is 4.44. The molecule has 0 atom stereocenters. The number of nitrogens with one attached hydrogen (secondary N) is 1. The molecule has 0 aliphatic rings. The zero-order chi connectivity index (χ0) is 11.5. The van der Waals surface area contributed by atoms with Gasteiger partial charge in [0.1, 0.15) is 11.6 Å². The first-order valence-electron chi connectivity index (χ1n) is 4.74. The SMILES string of the molecule is Cc1nc(SCc2cc(N)ccc2O)n[nH]1. The molecule has 0 amide bonds. The minimum absolute atomic E-state index is 0.244. The van der Waals surface area contributed by atoms with Gasteiger partial charge in [-0.05, 0) is 25.1 Å². The Hall–Kier alpha value is -1.69. The first-order valence-corrected chi connectivity index (χ1v) is 5.73. The Morgan fingerprint density at radius 1 is 1.50 bits per heavy atom. The minimum atomic E-state index is 0.244. The van der Waals surface area contributed by atoms with E-state index in [0.29, 0.717) is 16.6 Å². The molecule has 0 bridgehead atoms. The van der Waals surface area contributed by atoms with Gasteiger partial charge in [0.25, 0.3) is 0 Å². The van der Waals surface area contributed by atoms with Crippen molar-refractivity contribution in [2.45, 2.75) is 17.8 Å². The summed E-state index contributed by atoms with van der Waals surface area (Å²) >= 11 is 1.45. The number of benzene rings is 1. The molecule has 5 nitrogen and oxygen atoms in total. The van der Waals surface area contributed by atoms with Crippen molar-refractivity contribution in [3.05, 3.63) is 29.6 Å². The molecule has 2 aromatic rings. The van der Waals surface area contributed by atoms with Crippen LogP contribution in [0.5, 0.6) is 5.75 Å². The summed E-state index contributed by atoms with van der Waals surface area (Å²) in [6.45, 7) is 1.84. The summed E-state index contributed by atoms with van der Waals surface area (Å²) in [6, 6.07) is 5.01. The van der Waals surface area contributed by atoms with Crippen molar-refractivity contribution in [2.24, 2.45) is 0 Å². The van der Waals surface area contributed by atoms with Crippen LogP contribution in [0.2, 0.25) is 0 Å². The number of rotatable bonds is 3. The van der Waals surface area contributed by atoms with Gasteiger partial charge in [-0.1, -0.05) is 11.8 Å². The molecule has 84 valence electrons. The molecule has 0 aliphatic heterocycles. The monoisotopic (exact) mass is 236 g/mol. The van der Waals surface area contributed by atoms with Gasteiger partial charge in [0, 0.05) is 17.0 Å². The molecule has 6 heteroatoms. The summed E-state index contributed by atoms with van der Waals surface area (Å²) in [6.07, 6.45) is 0. The quantitative estimate of drug-likeness (QED) is 0.429. The van der Waals surface area contributed by atoms with Crippen LogP contribution in [0.4, 0.5) is 5.69 Å². The standard InChI is InChI=1S/C10H12N4OS/c1-6-12-10(14-13-6)16-5-7-4-8(11)2-3-9(7)15/h2-4,15H,5,11H2,1H3,(H,12,13,14). The Kier molecular flexibility index (Phi) is 3.00. The van der Waals surface area contributed by atoms with Gasteiger partial charge in [-0.25, -0.2) is 4.98 Å². The fourth-order valence-electron chi connectivity index (χ4n) is 1.25. The third-order valence-corrected chi connectivity index (χ3v) is 2.93. The lowest BCUT2D eigenvalue weighted by Gasteiger charge is -2.03. The van der Waals surface area contributed by atoms with E-state index < -0.39 is 0 Å². The first kappa shape index (κ1) is 10.8. The molecule has 1 heterocycles. The van der Waals surface area contributed by atoms with Gasteiger partial charge in [-0.15, -0.1) is 5.10 Å². The Labute approximate surface area is 97.1 Å². The Morgan fingerprint density at radius 3 is 3.00 bits per heavy atom. The van der Waals surface area contributed by atoms with E-state index in [1.165, 1.54) is 11.8 Å². The van der Waals surface area contributed by atoms with Crippen LogP contribution in [-0.4, -0.2) is 20.3 Å². The number of H-pyrrole nitrogens is 1. The van der Waals surface area contributed by atoms with Gasteiger partial charge in [-0.2, -0.15) is 0 Å². The molecule has 0 spiro atoms. The average Bonchev–Trinajstić information content (AvgIpc) is 2.66. The van der Waals surface area contributed by atoms with Gasteiger partial charge in [0.05, 0.1) is 0 Å².